The van der Waals surface area contributed by atoms with E-state index in [0.29, 0.717) is 10.4 Å². The number of carbonyl (C=O) groups is 1. The van der Waals surface area contributed by atoms with Gasteiger partial charge in [0.05, 0.1) is 17.8 Å². The number of rotatable bonds is 4. The lowest BCUT2D eigenvalue weighted by atomic mass is 10.1. The van der Waals surface area contributed by atoms with Crippen molar-refractivity contribution < 1.29 is 13.6 Å². The highest BCUT2D eigenvalue weighted by atomic mass is 19.3. The van der Waals surface area contributed by atoms with Crippen LogP contribution in [0.4, 0.5) is 8.78 Å². The Labute approximate surface area is 130 Å². The maximum absolute atomic E-state index is 12.5. The third-order valence-electron chi connectivity index (χ3n) is 3.54. The molecule has 0 unspecified atom stereocenters. The molecule has 0 radical (unpaired) electrons. The SMILES string of the molecule is Cc1ccc2c(c1)c(CNC(=O)c1ccn(C(F)F)n1)nn2C. The zero-order chi connectivity index (χ0) is 16.6. The van der Waals surface area contributed by atoms with Gasteiger partial charge in [-0.15, -0.1) is 0 Å². The highest BCUT2D eigenvalue weighted by Crippen LogP contribution is 2.19. The summed E-state index contributed by atoms with van der Waals surface area (Å²) in [5, 5.41) is 11.5. The summed E-state index contributed by atoms with van der Waals surface area (Å²) in [6.45, 7) is -0.591. The minimum absolute atomic E-state index is 0.0540. The number of carbonyl (C=O) groups excluding carboxylic acids is 1. The molecule has 0 aliphatic heterocycles. The lowest BCUT2D eigenvalue weighted by Gasteiger charge is -2.02. The second-order valence-electron chi connectivity index (χ2n) is 5.23. The van der Waals surface area contributed by atoms with Gasteiger partial charge < -0.3 is 5.32 Å². The normalized spacial score (nSPS) is 11.3. The van der Waals surface area contributed by atoms with E-state index in [1.54, 1.807) is 4.68 Å². The molecule has 0 atom stereocenters. The largest absolute Gasteiger partial charge is 0.345 e. The van der Waals surface area contributed by atoms with Gasteiger partial charge in [0.1, 0.15) is 5.69 Å². The molecule has 6 nitrogen and oxygen atoms in total. The number of hydrogen-bond acceptors (Lipinski definition) is 3. The van der Waals surface area contributed by atoms with Crippen LogP contribution in [-0.2, 0) is 13.6 Å². The van der Waals surface area contributed by atoms with Crippen molar-refractivity contribution in [3.63, 3.8) is 0 Å². The quantitative estimate of drug-likeness (QED) is 0.803. The Morgan fingerprint density at radius 2 is 2.09 bits per heavy atom. The zero-order valence-electron chi connectivity index (χ0n) is 12.6. The number of aromatic nitrogens is 4. The van der Waals surface area contributed by atoms with Crippen LogP contribution >= 0.6 is 0 Å². The standard InChI is InChI=1S/C15H15F2N5O/c1-9-3-4-13-10(7-9)12(19-21(13)2)8-18-14(23)11-5-6-22(20-11)15(16)17/h3-7,15H,8H2,1-2H3,(H,18,23). The van der Waals surface area contributed by atoms with Crippen molar-refractivity contribution in [1.82, 2.24) is 24.9 Å². The van der Waals surface area contributed by atoms with Crippen molar-refractivity contribution in [1.29, 1.82) is 0 Å². The van der Waals surface area contributed by atoms with E-state index in [-0.39, 0.29) is 12.2 Å². The highest BCUT2D eigenvalue weighted by molar-refractivity contribution is 5.92. The zero-order valence-corrected chi connectivity index (χ0v) is 12.6. The van der Waals surface area contributed by atoms with Crippen molar-refractivity contribution in [3.05, 3.63) is 47.4 Å². The minimum atomic E-state index is -2.76. The molecule has 0 bridgehead atoms. The van der Waals surface area contributed by atoms with E-state index in [0.717, 1.165) is 22.7 Å². The summed E-state index contributed by atoms with van der Waals surface area (Å²) in [4.78, 5) is 12.0. The van der Waals surface area contributed by atoms with Gasteiger partial charge in [0.15, 0.2) is 0 Å². The Balaban J connectivity index is 1.77. The van der Waals surface area contributed by atoms with Crippen molar-refractivity contribution >= 4 is 16.8 Å². The fourth-order valence-corrected chi connectivity index (χ4v) is 2.40. The molecule has 8 heteroatoms. The molecule has 3 aromatic rings. The molecule has 0 fully saturated rings. The van der Waals surface area contributed by atoms with Crippen LogP contribution in [0.25, 0.3) is 10.9 Å². The average molecular weight is 319 g/mol. The molecule has 120 valence electrons. The molecule has 0 saturated carbocycles. The number of halogens is 2. The van der Waals surface area contributed by atoms with Crippen molar-refractivity contribution in [2.45, 2.75) is 20.0 Å². The third kappa shape index (κ3) is 2.92. The fourth-order valence-electron chi connectivity index (χ4n) is 2.40. The molecule has 3 rings (SSSR count). The Kier molecular flexibility index (Phi) is 3.81. The molecule has 0 saturated heterocycles. The number of fused-ring (bicyclic) bond motifs is 1. The van der Waals surface area contributed by atoms with Crippen LogP contribution < -0.4 is 5.32 Å². The first-order valence-electron chi connectivity index (χ1n) is 6.99. The van der Waals surface area contributed by atoms with Gasteiger partial charge in [-0.3, -0.25) is 9.48 Å². The first kappa shape index (κ1) is 15.1. The van der Waals surface area contributed by atoms with E-state index < -0.39 is 12.5 Å². The summed E-state index contributed by atoms with van der Waals surface area (Å²) in [7, 11) is 1.83. The van der Waals surface area contributed by atoms with E-state index in [1.807, 2.05) is 32.2 Å². The number of alkyl halides is 2. The number of benzene rings is 1. The van der Waals surface area contributed by atoms with Crippen molar-refractivity contribution in [3.8, 4) is 0 Å². The molecule has 0 spiro atoms. The lowest BCUT2D eigenvalue weighted by molar-refractivity contribution is 0.0560. The molecule has 1 N–H and O–H groups in total. The summed E-state index contributed by atoms with van der Waals surface area (Å²) < 4.78 is 27.1. The molecule has 23 heavy (non-hydrogen) atoms. The predicted molar refractivity (Wildman–Crippen MR) is 80.1 cm³/mol. The second-order valence-corrected chi connectivity index (χ2v) is 5.23. The molecule has 2 heterocycles. The van der Waals surface area contributed by atoms with Gasteiger partial charge in [-0.25, -0.2) is 4.68 Å². The average Bonchev–Trinajstić information content (AvgIpc) is 3.10. The van der Waals surface area contributed by atoms with Gasteiger partial charge >= 0.3 is 6.55 Å². The van der Waals surface area contributed by atoms with Crippen LogP contribution in [-0.4, -0.2) is 25.5 Å². The van der Waals surface area contributed by atoms with E-state index in [2.05, 4.69) is 15.5 Å². The van der Waals surface area contributed by atoms with Crippen LogP contribution in [0, 0.1) is 6.92 Å². The van der Waals surface area contributed by atoms with Crippen LogP contribution in [0.2, 0.25) is 0 Å². The maximum Gasteiger partial charge on any atom is 0.333 e. The van der Waals surface area contributed by atoms with Crippen molar-refractivity contribution in [2.24, 2.45) is 7.05 Å². The van der Waals surface area contributed by atoms with Gasteiger partial charge in [-0.05, 0) is 25.1 Å². The Morgan fingerprint density at radius 1 is 1.30 bits per heavy atom. The number of amides is 1. The summed E-state index contributed by atoms with van der Waals surface area (Å²) >= 11 is 0. The van der Waals surface area contributed by atoms with E-state index in [9.17, 15) is 13.6 Å². The number of hydrogen-bond donors (Lipinski definition) is 1. The maximum atomic E-state index is 12.5. The molecule has 1 amide bonds. The molecular formula is C15H15F2N5O. The van der Waals surface area contributed by atoms with Crippen LogP contribution in [0.1, 0.15) is 28.3 Å². The predicted octanol–water partition coefficient (Wildman–Crippen LogP) is 2.40. The van der Waals surface area contributed by atoms with Crippen LogP contribution in [0.5, 0.6) is 0 Å². The van der Waals surface area contributed by atoms with Gasteiger partial charge in [0.25, 0.3) is 5.91 Å². The van der Waals surface area contributed by atoms with Gasteiger partial charge in [-0.1, -0.05) is 11.6 Å². The molecule has 2 aromatic heterocycles. The molecular weight excluding hydrogens is 304 g/mol. The Hall–Kier alpha value is -2.77. The number of aryl methyl sites for hydroxylation is 2. The summed E-state index contributed by atoms with van der Waals surface area (Å²) in [6, 6.07) is 7.20. The van der Waals surface area contributed by atoms with E-state index in [1.165, 1.54) is 6.07 Å². The minimum Gasteiger partial charge on any atom is -0.345 e. The fraction of sp³-hybridized carbons (Fsp3) is 0.267. The van der Waals surface area contributed by atoms with Crippen molar-refractivity contribution in [2.75, 3.05) is 0 Å². The van der Waals surface area contributed by atoms with Gasteiger partial charge in [0.2, 0.25) is 0 Å². The summed E-state index contributed by atoms with van der Waals surface area (Å²) in [5.74, 6) is -0.518. The highest BCUT2D eigenvalue weighted by Gasteiger charge is 2.15. The van der Waals surface area contributed by atoms with E-state index in [4.69, 9.17) is 0 Å². The smallest absolute Gasteiger partial charge is 0.333 e. The van der Waals surface area contributed by atoms with Gasteiger partial charge in [0, 0.05) is 18.6 Å². The van der Waals surface area contributed by atoms with Gasteiger partial charge in [-0.2, -0.15) is 19.0 Å². The number of nitrogens with one attached hydrogen (secondary N) is 1. The topological polar surface area (TPSA) is 64.7 Å². The second kappa shape index (κ2) is 5.79. The monoisotopic (exact) mass is 319 g/mol. The first-order valence-corrected chi connectivity index (χ1v) is 6.99. The van der Waals surface area contributed by atoms with Crippen LogP contribution in [0.3, 0.4) is 0 Å². The third-order valence-corrected chi connectivity index (χ3v) is 3.54. The first-order chi connectivity index (χ1) is 11.0. The summed E-state index contributed by atoms with van der Waals surface area (Å²) in [5.41, 5.74) is 2.71. The van der Waals surface area contributed by atoms with E-state index >= 15 is 0 Å². The Morgan fingerprint density at radius 3 is 2.78 bits per heavy atom. The molecule has 0 aliphatic carbocycles. The lowest BCUT2D eigenvalue weighted by Crippen LogP contribution is -2.24. The molecule has 0 aliphatic rings. The van der Waals surface area contributed by atoms with Crippen LogP contribution in [0.15, 0.2) is 30.5 Å². The Bertz CT molecular complexity index is 868. The molecule has 1 aromatic carbocycles. The summed E-state index contributed by atoms with van der Waals surface area (Å²) in [6.07, 6.45) is 1.07. The number of nitrogens with zero attached hydrogens (tertiary/aromatic N) is 4.